The fraction of sp³-hybridized carbons (Fsp3) is 0.111. The summed E-state index contributed by atoms with van der Waals surface area (Å²) in [6, 6.07) is 4.51. The van der Waals surface area contributed by atoms with Crippen LogP contribution in [0.3, 0.4) is 0 Å². The Labute approximate surface area is 94.7 Å². The van der Waals surface area contributed by atoms with E-state index in [1.807, 2.05) is 0 Å². The summed E-state index contributed by atoms with van der Waals surface area (Å²) in [5.74, 6) is -0.423. The van der Waals surface area contributed by atoms with Crippen LogP contribution in [-0.4, -0.2) is 8.42 Å². The molecule has 0 N–H and O–H groups in total. The standard InChI is InChI=1S/C9H6ClFO2S2/c1-5-8-6(11)3-2-4-7(8)14-9(5)15(10,12)13/h2-4H,1H3. The van der Waals surface area contributed by atoms with Gasteiger partial charge in [0.05, 0.1) is 0 Å². The van der Waals surface area contributed by atoms with E-state index in [-0.39, 0.29) is 4.21 Å². The monoisotopic (exact) mass is 264 g/mol. The largest absolute Gasteiger partial charge is 0.271 e. The molecular weight excluding hydrogens is 259 g/mol. The van der Waals surface area contributed by atoms with Gasteiger partial charge in [-0.1, -0.05) is 6.07 Å². The highest BCUT2D eigenvalue weighted by molar-refractivity contribution is 8.15. The molecule has 0 atom stereocenters. The second-order valence-electron chi connectivity index (χ2n) is 3.07. The number of hydrogen-bond donors (Lipinski definition) is 0. The molecule has 0 saturated heterocycles. The van der Waals surface area contributed by atoms with E-state index in [1.54, 1.807) is 13.0 Å². The van der Waals surface area contributed by atoms with Gasteiger partial charge in [-0.05, 0) is 24.6 Å². The van der Waals surface area contributed by atoms with Gasteiger partial charge in [-0.25, -0.2) is 12.8 Å². The zero-order valence-corrected chi connectivity index (χ0v) is 10.0. The van der Waals surface area contributed by atoms with Crippen LogP contribution in [0.25, 0.3) is 10.1 Å². The smallest absolute Gasteiger partial charge is 0.206 e. The van der Waals surface area contributed by atoms with E-state index >= 15 is 0 Å². The molecule has 0 bridgehead atoms. The zero-order valence-electron chi connectivity index (χ0n) is 7.62. The minimum atomic E-state index is -3.79. The molecule has 2 aromatic rings. The lowest BCUT2D eigenvalue weighted by atomic mass is 10.2. The molecule has 1 aromatic carbocycles. The Balaban J connectivity index is 2.94. The number of benzene rings is 1. The lowest BCUT2D eigenvalue weighted by molar-refractivity contribution is 0.611. The molecular formula is C9H6ClFO2S2. The third-order valence-corrected chi connectivity index (χ3v) is 5.53. The van der Waals surface area contributed by atoms with Gasteiger partial charge in [0.2, 0.25) is 0 Å². The number of aryl methyl sites for hydroxylation is 1. The quantitative estimate of drug-likeness (QED) is 0.741. The van der Waals surface area contributed by atoms with Gasteiger partial charge in [0.15, 0.2) is 0 Å². The van der Waals surface area contributed by atoms with Gasteiger partial charge in [0, 0.05) is 20.8 Å². The Hall–Kier alpha value is -0.650. The van der Waals surface area contributed by atoms with Crippen LogP contribution < -0.4 is 0 Å². The summed E-state index contributed by atoms with van der Waals surface area (Å²) in [6.07, 6.45) is 0. The molecule has 0 fully saturated rings. The lowest BCUT2D eigenvalue weighted by Gasteiger charge is -1.94. The molecule has 15 heavy (non-hydrogen) atoms. The van der Waals surface area contributed by atoms with Crippen molar-refractivity contribution in [3.63, 3.8) is 0 Å². The molecule has 0 aliphatic rings. The summed E-state index contributed by atoms with van der Waals surface area (Å²) >= 11 is 0.985. The SMILES string of the molecule is Cc1c(S(=O)(=O)Cl)sc2cccc(F)c12. The second kappa shape index (κ2) is 3.43. The summed E-state index contributed by atoms with van der Waals surface area (Å²) in [4.78, 5) is 0. The minimum absolute atomic E-state index is 0.0178. The molecule has 1 aromatic heterocycles. The molecule has 80 valence electrons. The van der Waals surface area contributed by atoms with Gasteiger partial charge in [0.25, 0.3) is 9.05 Å². The van der Waals surface area contributed by atoms with Crippen LogP contribution in [0.4, 0.5) is 4.39 Å². The fourth-order valence-corrected chi connectivity index (χ4v) is 4.18. The molecule has 0 spiro atoms. The molecule has 0 radical (unpaired) electrons. The van der Waals surface area contributed by atoms with Crippen LogP contribution in [0.15, 0.2) is 22.4 Å². The van der Waals surface area contributed by atoms with E-state index in [4.69, 9.17) is 10.7 Å². The molecule has 0 aliphatic heterocycles. The Morgan fingerprint density at radius 3 is 2.60 bits per heavy atom. The first-order valence-corrected chi connectivity index (χ1v) is 7.16. The van der Waals surface area contributed by atoms with Crippen molar-refractivity contribution in [2.24, 2.45) is 0 Å². The number of rotatable bonds is 1. The molecule has 1 heterocycles. The maximum Gasteiger partial charge on any atom is 0.271 e. The molecule has 0 saturated carbocycles. The summed E-state index contributed by atoms with van der Waals surface area (Å²) in [7, 11) is 1.46. The number of hydrogen-bond acceptors (Lipinski definition) is 3. The molecule has 0 amide bonds. The fourth-order valence-electron chi connectivity index (χ4n) is 1.46. The Morgan fingerprint density at radius 1 is 1.40 bits per heavy atom. The van der Waals surface area contributed by atoms with Crippen LogP contribution in [0.5, 0.6) is 0 Å². The Morgan fingerprint density at radius 2 is 2.07 bits per heavy atom. The van der Waals surface area contributed by atoms with Crippen molar-refractivity contribution < 1.29 is 12.8 Å². The average molecular weight is 265 g/mol. The van der Waals surface area contributed by atoms with Crippen molar-refractivity contribution in [2.45, 2.75) is 11.1 Å². The van der Waals surface area contributed by atoms with E-state index in [9.17, 15) is 12.8 Å². The Kier molecular flexibility index (Phi) is 2.48. The van der Waals surface area contributed by atoms with E-state index in [0.29, 0.717) is 15.6 Å². The highest BCUT2D eigenvalue weighted by Gasteiger charge is 2.20. The van der Waals surface area contributed by atoms with E-state index in [0.717, 1.165) is 11.3 Å². The van der Waals surface area contributed by atoms with E-state index in [2.05, 4.69) is 0 Å². The van der Waals surface area contributed by atoms with Crippen LogP contribution in [-0.2, 0) is 9.05 Å². The van der Waals surface area contributed by atoms with Gasteiger partial charge < -0.3 is 0 Å². The minimum Gasteiger partial charge on any atom is -0.206 e. The summed E-state index contributed by atoms with van der Waals surface area (Å²) in [5, 5.41) is 0.335. The first-order chi connectivity index (χ1) is 6.91. The lowest BCUT2D eigenvalue weighted by Crippen LogP contribution is -1.88. The van der Waals surface area contributed by atoms with Crippen LogP contribution in [0.2, 0.25) is 0 Å². The highest BCUT2D eigenvalue weighted by Crippen LogP contribution is 2.36. The first kappa shape index (κ1) is 10.9. The zero-order chi connectivity index (χ0) is 11.2. The summed E-state index contributed by atoms with van der Waals surface area (Å²) in [6.45, 7) is 1.55. The van der Waals surface area contributed by atoms with Crippen molar-refractivity contribution in [1.29, 1.82) is 0 Å². The third-order valence-electron chi connectivity index (χ3n) is 2.08. The summed E-state index contributed by atoms with van der Waals surface area (Å²) in [5.41, 5.74) is 0.378. The average Bonchev–Trinajstić information content (AvgIpc) is 2.44. The van der Waals surface area contributed by atoms with E-state index < -0.39 is 14.9 Å². The van der Waals surface area contributed by atoms with Gasteiger partial charge in [-0.3, -0.25) is 0 Å². The summed E-state index contributed by atoms with van der Waals surface area (Å²) < 4.78 is 36.4. The maximum absolute atomic E-state index is 13.4. The normalized spacial score (nSPS) is 12.2. The number of fused-ring (bicyclic) bond motifs is 1. The first-order valence-electron chi connectivity index (χ1n) is 4.03. The van der Waals surface area contributed by atoms with Crippen LogP contribution in [0, 0.1) is 12.7 Å². The second-order valence-corrected chi connectivity index (χ2v) is 6.88. The number of halogens is 2. The molecule has 2 nitrogen and oxygen atoms in total. The third kappa shape index (κ3) is 1.75. The topological polar surface area (TPSA) is 34.1 Å². The van der Waals surface area contributed by atoms with Gasteiger partial charge in [-0.2, -0.15) is 0 Å². The molecule has 6 heteroatoms. The van der Waals surface area contributed by atoms with Gasteiger partial charge in [0.1, 0.15) is 10.0 Å². The highest BCUT2D eigenvalue weighted by atomic mass is 35.7. The molecule has 0 unspecified atom stereocenters. The van der Waals surface area contributed by atoms with E-state index in [1.165, 1.54) is 12.1 Å². The van der Waals surface area contributed by atoms with Crippen molar-refractivity contribution in [1.82, 2.24) is 0 Å². The predicted octanol–water partition coefficient (Wildman–Crippen LogP) is 3.28. The van der Waals surface area contributed by atoms with Crippen LogP contribution in [0.1, 0.15) is 5.56 Å². The predicted molar refractivity (Wildman–Crippen MR) is 59.6 cm³/mol. The maximum atomic E-state index is 13.4. The van der Waals surface area contributed by atoms with Crippen molar-refractivity contribution >= 4 is 41.2 Å². The molecule has 0 aliphatic carbocycles. The van der Waals surface area contributed by atoms with Gasteiger partial charge in [-0.15, -0.1) is 11.3 Å². The van der Waals surface area contributed by atoms with Crippen LogP contribution >= 0.6 is 22.0 Å². The number of thiophene rings is 1. The van der Waals surface area contributed by atoms with Crippen molar-refractivity contribution in [2.75, 3.05) is 0 Å². The van der Waals surface area contributed by atoms with Gasteiger partial charge >= 0.3 is 0 Å². The Bertz CT molecular complexity index is 631. The molecule has 2 rings (SSSR count). The van der Waals surface area contributed by atoms with Crippen molar-refractivity contribution in [3.05, 3.63) is 29.6 Å². The van der Waals surface area contributed by atoms with Crippen molar-refractivity contribution in [3.8, 4) is 0 Å².